The number of carbonyl (C=O) groups excluding carboxylic acids is 1. The van der Waals surface area contributed by atoms with E-state index in [1.807, 2.05) is 0 Å². The predicted octanol–water partition coefficient (Wildman–Crippen LogP) is 1.81. The third-order valence-electron chi connectivity index (χ3n) is 3.02. The number of phenols is 1. The van der Waals surface area contributed by atoms with Gasteiger partial charge in [0.25, 0.3) is 5.91 Å². The van der Waals surface area contributed by atoms with Crippen LogP contribution in [0.2, 0.25) is 0 Å². The highest BCUT2D eigenvalue weighted by molar-refractivity contribution is 5.94. The third-order valence-corrected chi connectivity index (χ3v) is 3.02. The van der Waals surface area contributed by atoms with Gasteiger partial charge in [-0.2, -0.15) is 0 Å². The fraction of sp³-hybridized carbons (Fsp3) is 0.500. The summed E-state index contributed by atoms with van der Waals surface area (Å²) in [6.45, 7) is 5.22. The van der Waals surface area contributed by atoms with E-state index >= 15 is 0 Å². The molecule has 0 aromatic heterocycles. The van der Waals surface area contributed by atoms with Gasteiger partial charge < -0.3 is 16.2 Å². The molecule has 1 unspecified atom stereocenters. The summed E-state index contributed by atoms with van der Waals surface area (Å²) in [6, 6.07) is 4.86. The van der Waals surface area contributed by atoms with E-state index in [1.54, 1.807) is 25.1 Å². The van der Waals surface area contributed by atoms with Crippen LogP contribution < -0.4 is 11.1 Å². The van der Waals surface area contributed by atoms with E-state index in [1.165, 1.54) is 0 Å². The summed E-state index contributed by atoms with van der Waals surface area (Å²) in [5, 5.41) is 12.2. The van der Waals surface area contributed by atoms with Crippen LogP contribution >= 0.6 is 0 Å². The molecule has 1 aromatic carbocycles. The minimum Gasteiger partial charge on any atom is -0.508 e. The molecule has 0 radical (unpaired) electrons. The Morgan fingerprint density at radius 1 is 1.50 bits per heavy atom. The maximum Gasteiger partial charge on any atom is 0.251 e. The van der Waals surface area contributed by atoms with Gasteiger partial charge >= 0.3 is 0 Å². The molecular weight excluding hydrogens is 228 g/mol. The molecule has 0 aliphatic carbocycles. The minimum atomic E-state index is -0.0986. The Bertz CT molecular complexity index is 405. The van der Waals surface area contributed by atoms with Gasteiger partial charge in [-0.3, -0.25) is 4.79 Å². The Hall–Kier alpha value is -1.55. The van der Waals surface area contributed by atoms with Crippen LogP contribution in [-0.2, 0) is 0 Å². The Kier molecular flexibility index (Phi) is 5.65. The third kappa shape index (κ3) is 4.37. The van der Waals surface area contributed by atoms with Crippen molar-refractivity contribution in [3.63, 3.8) is 0 Å². The lowest BCUT2D eigenvalue weighted by atomic mass is 10.1. The van der Waals surface area contributed by atoms with E-state index in [4.69, 9.17) is 5.73 Å². The highest BCUT2D eigenvalue weighted by atomic mass is 16.3. The van der Waals surface area contributed by atoms with E-state index in [0.29, 0.717) is 30.1 Å². The van der Waals surface area contributed by atoms with Crippen molar-refractivity contribution in [3.05, 3.63) is 29.3 Å². The van der Waals surface area contributed by atoms with Crippen molar-refractivity contribution in [2.24, 2.45) is 11.7 Å². The predicted molar refractivity (Wildman–Crippen MR) is 72.6 cm³/mol. The van der Waals surface area contributed by atoms with Crippen LogP contribution in [0.25, 0.3) is 0 Å². The van der Waals surface area contributed by atoms with Crippen LogP contribution in [-0.4, -0.2) is 24.1 Å². The fourth-order valence-corrected chi connectivity index (χ4v) is 1.67. The topological polar surface area (TPSA) is 75.4 Å². The largest absolute Gasteiger partial charge is 0.508 e. The zero-order valence-corrected chi connectivity index (χ0v) is 11.1. The van der Waals surface area contributed by atoms with Crippen molar-refractivity contribution in [1.29, 1.82) is 0 Å². The number of hydrogen-bond donors (Lipinski definition) is 3. The number of aromatic hydroxyl groups is 1. The number of aryl methyl sites for hydroxylation is 1. The molecule has 1 amide bonds. The average molecular weight is 250 g/mol. The summed E-state index contributed by atoms with van der Waals surface area (Å²) < 4.78 is 0. The number of nitrogens with two attached hydrogens (primary N) is 1. The normalized spacial score (nSPS) is 12.2. The van der Waals surface area contributed by atoms with Gasteiger partial charge in [0, 0.05) is 12.1 Å². The first-order valence-electron chi connectivity index (χ1n) is 6.32. The smallest absolute Gasteiger partial charge is 0.251 e. The molecule has 0 fully saturated rings. The Labute approximate surface area is 108 Å². The van der Waals surface area contributed by atoms with Crippen LogP contribution in [0.15, 0.2) is 18.2 Å². The highest BCUT2D eigenvalue weighted by Crippen LogP contribution is 2.16. The molecule has 0 spiro atoms. The van der Waals surface area contributed by atoms with E-state index in [-0.39, 0.29) is 11.7 Å². The summed E-state index contributed by atoms with van der Waals surface area (Å²) in [4.78, 5) is 11.8. The maximum absolute atomic E-state index is 11.8. The molecule has 4 nitrogen and oxygen atoms in total. The van der Waals surface area contributed by atoms with Gasteiger partial charge in [0.05, 0.1) is 0 Å². The van der Waals surface area contributed by atoms with Gasteiger partial charge in [-0.15, -0.1) is 0 Å². The second-order valence-corrected chi connectivity index (χ2v) is 4.74. The Morgan fingerprint density at radius 3 is 2.83 bits per heavy atom. The standard InChI is InChI=1S/C14H22N2O2/c1-10(9-15)4-3-7-16-14(18)12-5-6-13(17)11(2)8-12/h5-6,8,10,17H,3-4,7,9,15H2,1-2H3,(H,16,18). The number of hydrogen-bond acceptors (Lipinski definition) is 3. The van der Waals surface area contributed by atoms with Crippen LogP contribution in [0.5, 0.6) is 5.75 Å². The maximum atomic E-state index is 11.8. The Balaban J connectivity index is 2.39. The molecule has 0 aliphatic heterocycles. The molecule has 0 saturated carbocycles. The van der Waals surface area contributed by atoms with Gasteiger partial charge in [0.15, 0.2) is 0 Å². The summed E-state index contributed by atoms with van der Waals surface area (Å²) in [5.41, 5.74) is 6.81. The monoisotopic (exact) mass is 250 g/mol. The van der Waals surface area contributed by atoms with Gasteiger partial charge in [0.1, 0.15) is 5.75 Å². The average Bonchev–Trinajstić information content (AvgIpc) is 2.37. The van der Waals surface area contributed by atoms with Gasteiger partial charge in [0.2, 0.25) is 0 Å². The molecule has 0 aliphatic rings. The van der Waals surface area contributed by atoms with Crippen molar-refractivity contribution in [3.8, 4) is 5.75 Å². The molecule has 18 heavy (non-hydrogen) atoms. The minimum absolute atomic E-state index is 0.0986. The fourth-order valence-electron chi connectivity index (χ4n) is 1.67. The number of benzene rings is 1. The molecule has 0 heterocycles. The number of carbonyl (C=O) groups is 1. The second-order valence-electron chi connectivity index (χ2n) is 4.74. The van der Waals surface area contributed by atoms with Crippen molar-refractivity contribution in [2.45, 2.75) is 26.7 Å². The van der Waals surface area contributed by atoms with Gasteiger partial charge in [-0.25, -0.2) is 0 Å². The van der Waals surface area contributed by atoms with E-state index in [9.17, 15) is 9.90 Å². The number of amides is 1. The van der Waals surface area contributed by atoms with E-state index in [2.05, 4.69) is 12.2 Å². The summed E-state index contributed by atoms with van der Waals surface area (Å²) >= 11 is 0. The molecule has 1 aromatic rings. The molecule has 4 N–H and O–H groups in total. The summed E-state index contributed by atoms with van der Waals surface area (Å²) in [6.07, 6.45) is 1.95. The second kappa shape index (κ2) is 7.01. The van der Waals surface area contributed by atoms with Gasteiger partial charge in [-0.05, 0) is 56.0 Å². The highest BCUT2D eigenvalue weighted by Gasteiger charge is 2.07. The molecule has 100 valence electrons. The number of phenolic OH excluding ortho intramolecular Hbond substituents is 1. The van der Waals surface area contributed by atoms with Crippen molar-refractivity contribution >= 4 is 5.91 Å². The number of rotatable bonds is 6. The van der Waals surface area contributed by atoms with Crippen LogP contribution in [0, 0.1) is 12.8 Å². The zero-order chi connectivity index (χ0) is 13.5. The zero-order valence-electron chi connectivity index (χ0n) is 11.1. The van der Waals surface area contributed by atoms with Gasteiger partial charge in [-0.1, -0.05) is 6.92 Å². The van der Waals surface area contributed by atoms with Crippen molar-refractivity contribution < 1.29 is 9.90 Å². The first-order chi connectivity index (χ1) is 8.54. The first-order valence-corrected chi connectivity index (χ1v) is 6.32. The lowest BCUT2D eigenvalue weighted by Gasteiger charge is -2.09. The molecular formula is C14H22N2O2. The first kappa shape index (κ1) is 14.5. The molecule has 0 saturated heterocycles. The van der Waals surface area contributed by atoms with Crippen molar-refractivity contribution in [2.75, 3.05) is 13.1 Å². The van der Waals surface area contributed by atoms with E-state index in [0.717, 1.165) is 12.8 Å². The SMILES string of the molecule is Cc1cc(C(=O)NCCCC(C)CN)ccc1O. The summed E-state index contributed by atoms with van der Waals surface area (Å²) in [5.74, 6) is 0.611. The number of nitrogens with one attached hydrogen (secondary N) is 1. The lowest BCUT2D eigenvalue weighted by molar-refractivity contribution is 0.0952. The molecule has 4 heteroatoms. The molecule has 1 rings (SSSR count). The van der Waals surface area contributed by atoms with Crippen LogP contribution in [0.3, 0.4) is 0 Å². The summed E-state index contributed by atoms with van der Waals surface area (Å²) in [7, 11) is 0. The van der Waals surface area contributed by atoms with E-state index < -0.39 is 0 Å². The van der Waals surface area contributed by atoms with Crippen molar-refractivity contribution in [1.82, 2.24) is 5.32 Å². The molecule has 0 bridgehead atoms. The lowest BCUT2D eigenvalue weighted by Crippen LogP contribution is -2.25. The van der Waals surface area contributed by atoms with Crippen LogP contribution in [0.1, 0.15) is 35.7 Å². The Morgan fingerprint density at radius 2 is 2.22 bits per heavy atom. The quantitative estimate of drug-likeness (QED) is 0.674. The van der Waals surface area contributed by atoms with Crippen LogP contribution in [0.4, 0.5) is 0 Å². The molecule has 1 atom stereocenters.